The number of alkyl halides is 1. The van der Waals surface area contributed by atoms with Gasteiger partial charge in [-0.05, 0) is 48.6 Å². The molecule has 4 nitrogen and oxygen atoms in total. The number of aromatic nitrogens is 3. The summed E-state index contributed by atoms with van der Waals surface area (Å²) in [6.07, 6.45) is 2.96. The van der Waals surface area contributed by atoms with Gasteiger partial charge in [-0.25, -0.2) is 9.50 Å². The van der Waals surface area contributed by atoms with E-state index in [0.717, 1.165) is 35.7 Å². The Labute approximate surface area is 153 Å². The second-order valence-electron chi connectivity index (χ2n) is 5.74. The number of hydrogen-bond donors (Lipinski definition) is 1. The minimum Gasteiger partial charge on any atom is -0.378 e. The van der Waals surface area contributed by atoms with Gasteiger partial charge in [-0.2, -0.15) is 5.10 Å². The molecule has 0 radical (unpaired) electrons. The van der Waals surface area contributed by atoms with Crippen LogP contribution in [0.15, 0.2) is 30.5 Å². The number of anilines is 1. The van der Waals surface area contributed by atoms with Crippen LogP contribution >= 0.6 is 24.0 Å². The van der Waals surface area contributed by atoms with Gasteiger partial charge in [0.05, 0.1) is 5.69 Å². The van der Waals surface area contributed by atoms with Crippen LogP contribution < -0.4 is 5.32 Å². The Bertz CT molecular complexity index is 842. The van der Waals surface area contributed by atoms with Gasteiger partial charge in [0.2, 0.25) is 0 Å². The normalized spacial score (nSPS) is 10.7. The van der Waals surface area contributed by atoms with E-state index >= 15 is 0 Å². The highest BCUT2D eigenvalue weighted by Gasteiger charge is 2.10. The molecule has 1 aromatic carbocycles. The molecule has 0 saturated heterocycles. The topological polar surface area (TPSA) is 42.2 Å². The second-order valence-corrected chi connectivity index (χ2v) is 6.01. The van der Waals surface area contributed by atoms with Crippen LogP contribution in [0.4, 0.5) is 5.69 Å². The first kappa shape index (κ1) is 18.6. The minimum absolute atomic E-state index is 0. The number of rotatable bonds is 5. The van der Waals surface area contributed by atoms with E-state index in [4.69, 9.17) is 11.6 Å². The molecule has 0 aliphatic rings. The number of nitrogens with zero attached hydrogens (tertiary/aromatic N) is 3. The molecule has 0 aliphatic carbocycles. The molecule has 2 aromatic heterocycles. The monoisotopic (exact) mass is 364 g/mol. The van der Waals surface area contributed by atoms with Crippen molar-refractivity contribution in [3.63, 3.8) is 0 Å². The highest BCUT2D eigenvalue weighted by Crippen LogP contribution is 2.22. The molecule has 6 heteroatoms. The quantitative estimate of drug-likeness (QED) is 0.668. The standard InChI is InChI=1S/C18H21ClN4.ClH/c1-4-15-7-5-6-12(2)16(15)10-20-17-8-14(9-19)11-23-18(17)21-13(3)22-23;/h5-8,11,20H,4,9-10H2,1-3H3;1H. The fraction of sp³-hybridized carbons (Fsp3) is 0.333. The molecule has 0 bridgehead atoms. The third kappa shape index (κ3) is 3.65. The molecule has 128 valence electrons. The molecule has 1 N–H and O–H groups in total. The van der Waals surface area contributed by atoms with Crippen molar-refractivity contribution in [1.82, 2.24) is 14.6 Å². The number of fused-ring (bicyclic) bond motifs is 1. The van der Waals surface area contributed by atoms with Gasteiger partial charge in [-0.15, -0.1) is 24.0 Å². The highest BCUT2D eigenvalue weighted by atomic mass is 35.5. The molecule has 0 unspecified atom stereocenters. The maximum absolute atomic E-state index is 6.01. The number of hydrogen-bond acceptors (Lipinski definition) is 3. The first-order valence-corrected chi connectivity index (χ1v) is 8.39. The van der Waals surface area contributed by atoms with Gasteiger partial charge >= 0.3 is 0 Å². The van der Waals surface area contributed by atoms with Crippen molar-refractivity contribution in [1.29, 1.82) is 0 Å². The lowest BCUT2D eigenvalue weighted by Crippen LogP contribution is -2.07. The van der Waals surface area contributed by atoms with E-state index in [2.05, 4.69) is 53.5 Å². The number of benzene rings is 1. The summed E-state index contributed by atoms with van der Waals surface area (Å²) in [7, 11) is 0. The molecule has 24 heavy (non-hydrogen) atoms. The number of halogens is 2. The van der Waals surface area contributed by atoms with Crippen molar-refractivity contribution in [3.8, 4) is 0 Å². The zero-order valence-electron chi connectivity index (χ0n) is 14.1. The summed E-state index contributed by atoms with van der Waals surface area (Å²) in [5.74, 6) is 1.21. The molecule has 2 heterocycles. The first-order chi connectivity index (χ1) is 11.1. The largest absolute Gasteiger partial charge is 0.378 e. The molecule has 0 spiro atoms. The molecular weight excluding hydrogens is 343 g/mol. The van der Waals surface area contributed by atoms with Gasteiger partial charge in [-0.1, -0.05) is 25.1 Å². The average molecular weight is 365 g/mol. The molecule has 0 atom stereocenters. The van der Waals surface area contributed by atoms with E-state index in [1.54, 1.807) is 4.52 Å². The Morgan fingerprint density at radius 3 is 2.75 bits per heavy atom. The van der Waals surface area contributed by atoms with Crippen LogP contribution in [-0.4, -0.2) is 14.6 Å². The van der Waals surface area contributed by atoms with E-state index in [0.29, 0.717) is 5.88 Å². The predicted octanol–water partition coefficient (Wildman–Crippen LogP) is 4.68. The minimum atomic E-state index is 0. The maximum Gasteiger partial charge on any atom is 0.178 e. The molecule has 0 aliphatic heterocycles. The van der Waals surface area contributed by atoms with Crippen LogP contribution in [0.5, 0.6) is 0 Å². The van der Waals surface area contributed by atoms with Gasteiger partial charge in [-0.3, -0.25) is 0 Å². The Morgan fingerprint density at radius 2 is 2.04 bits per heavy atom. The number of nitrogens with one attached hydrogen (secondary N) is 1. The Balaban J connectivity index is 0.00000208. The second kappa shape index (κ2) is 7.86. The lowest BCUT2D eigenvalue weighted by Gasteiger charge is -2.14. The van der Waals surface area contributed by atoms with Gasteiger partial charge in [0.15, 0.2) is 5.65 Å². The first-order valence-electron chi connectivity index (χ1n) is 7.85. The van der Waals surface area contributed by atoms with Crippen LogP contribution in [0.25, 0.3) is 5.65 Å². The van der Waals surface area contributed by atoms with Crippen molar-refractivity contribution < 1.29 is 0 Å². The maximum atomic E-state index is 6.01. The van der Waals surface area contributed by atoms with E-state index in [9.17, 15) is 0 Å². The molecule has 3 aromatic rings. The zero-order chi connectivity index (χ0) is 16.4. The SMILES string of the molecule is CCc1cccc(C)c1CNc1cc(CCl)cn2nc(C)nc12.Cl. The predicted molar refractivity (Wildman–Crippen MR) is 102 cm³/mol. The molecule has 0 fully saturated rings. The Hall–Kier alpha value is -1.78. The van der Waals surface area contributed by atoms with Gasteiger partial charge in [0.1, 0.15) is 5.82 Å². The third-order valence-corrected chi connectivity index (χ3v) is 4.40. The van der Waals surface area contributed by atoms with E-state index in [1.807, 2.05) is 13.1 Å². The summed E-state index contributed by atoms with van der Waals surface area (Å²) in [4.78, 5) is 4.51. The summed E-state index contributed by atoms with van der Waals surface area (Å²) in [5, 5.41) is 7.92. The lowest BCUT2D eigenvalue weighted by molar-refractivity contribution is 0.920. The van der Waals surface area contributed by atoms with Crippen LogP contribution in [0.3, 0.4) is 0 Å². The van der Waals surface area contributed by atoms with E-state index in [-0.39, 0.29) is 12.4 Å². The van der Waals surface area contributed by atoms with Crippen LogP contribution in [0.2, 0.25) is 0 Å². The van der Waals surface area contributed by atoms with E-state index in [1.165, 1.54) is 16.7 Å². The summed E-state index contributed by atoms with van der Waals surface area (Å²) in [6, 6.07) is 8.52. The van der Waals surface area contributed by atoms with Crippen molar-refractivity contribution in [2.75, 3.05) is 5.32 Å². The van der Waals surface area contributed by atoms with Gasteiger partial charge in [0, 0.05) is 18.6 Å². The van der Waals surface area contributed by atoms with E-state index < -0.39 is 0 Å². The fourth-order valence-electron chi connectivity index (χ4n) is 2.88. The van der Waals surface area contributed by atoms with Crippen molar-refractivity contribution in [2.24, 2.45) is 0 Å². The van der Waals surface area contributed by atoms with Crippen LogP contribution in [0, 0.1) is 13.8 Å². The highest BCUT2D eigenvalue weighted by molar-refractivity contribution is 6.17. The Morgan fingerprint density at radius 1 is 1.25 bits per heavy atom. The van der Waals surface area contributed by atoms with Crippen LogP contribution in [0.1, 0.15) is 35.0 Å². The number of aryl methyl sites for hydroxylation is 3. The van der Waals surface area contributed by atoms with Crippen molar-refractivity contribution >= 4 is 35.3 Å². The van der Waals surface area contributed by atoms with Crippen molar-refractivity contribution in [2.45, 2.75) is 39.6 Å². The molecular formula is C18H22Cl2N4. The summed E-state index contributed by atoms with van der Waals surface area (Å²) in [6.45, 7) is 7.01. The summed E-state index contributed by atoms with van der Waals surface area (Å²) in [5.41, 5.74) is 6.85. The number of pyridine rings is 1. The molecule has 3 rings (SSSR count). The zero-order valence-corrected chi connectivity index (χ0v) is 15.7. The fourth-order valence-corrected chi connectivity index (χ4v) is 3.03. The van der Waals surface area contributed by atoms with Crippen LogP contribution in [-0.2, 0) is 18.8 Å². The lowest BCUT2D eigenvalue weighted by atomic mass is 10.00. The Kier molecular flexibility index (Phi) is 6.08. The smallest absolute Gasteiger partial charge is 0.178 e. The summed E-state index contributed by atoms with van der Waals surface area (Å²) >= 11 is 6.01. The molecule has 0 saturated carbocycles. The van der Waals surface area contributed by atoms with Gasteiger partial charge in [0.25, 0.3) is 0 Å². The average Bonchev–Trinajstić information content (AvgIpc) is 2.93. The van der Waals surface area contributed by atoms with Crippen molar-refractivity contribution in [3.05, 3.63) is 58.5 Å². The third-order valence-electron chi connectivity index (χ3n) is 4.09. The molecule has 0 amide bonds. The summed E-state index contributed by atoms with van der Waals surface area (Å²) < 4.78 is 1.80. The van der Waals surface area contributed by atoms with Gasteiger partial charge < -0.3 is 5.32 Å².